The molecule has 1 aliphatic rings. The van der Waals surface area contributed by atoms with Crippen LogP contribution < -0.4 is 7.71 Å². The van der Waals surface area contributed by atoms with E-state index >= 15 is 0 Å². The summed E-state index contributed by atoms with van der Waals surface area (Å²) in [6.45, 7) is 0. The summed E-state index contributed by atoms with van der Waals surface area (Å²) >= 11 is -2.29. The first kappa shape index (κ1) is 12.4. The second-order valence-electron chi connectivity index (χ2n) is 5.20. The molecular formula is C16H18GeN2. The Balaban J connectivity index is 1.95. The van der Waals surface area contributed by atoms with Gasteiger partial charge in [-0.3, -0.25) is 0 Å². The predicted octanol–water partition coefficient (Wildman–Crippen LogP) is 4.19. The van der Waals surface area contributed by atoms with E-state index < -0.39 is 13.7 Å². The Kier molecular flexibility index (Phi) is 3.11. The van der Waals surface area contributed by atoms with E-state index in [0.29, 0.717) is 0 Å². The zero-order valence-electron chi connectivity index (χ0n) is 11.3. The molecule has 0 amide bonds. The van der Waals surface area contributed by atoms with E-state index in [9.17, 15) is 0 Å². The van der Waals surface area contributed by atoms with Gasteiger partial charge in [-0.05, 0) is 0 Å². The molecule has 3 heteroatoms. The summed E-state index contributed by atoms with van der Waals surface area (Å²) in [5, 5.41) is 0. The topological polar surface area (TPSA) is 6.48 Å². The van der Waals surface area contributed by atoms with Crippen LogP contribution in [0.2, 0.25) is 11.5 Å². The molecule has 96 valence electrons. The molecule has 0 radical (unpaired) electrons. The number of rotatable bonds is 2. The van der Waals surface area contributed by atoms with Gasteiger partial charge in [-0.2, -0.15) is 0 Å². The third-order valence-corrected chi connectivity index (χ3v) is 10.3. The first-order valence-electron chi connectivity index (χ1n) is 6.57. The van der Waals surface area contributed by atoms with Gasteiger partial charge < -0.3 is 0 Å². The van der Waals surface area contributed by atoms with Crippen molar-refractivity contribution >= 4 is 25.1 Å². The molecule has 0 unspecified atom stereocenters. The summed E-state index contributed by atoms with van der Waals surface area (Å²) < 4.78 is 4.96. The normalized spacial score (nSPS) is 16.9. The molecule has 0 aliphatic carbocycles. The summed E-state index contributed by atoms with van der Waals surface area (Å²) in [7, 11) is 0. The molecule has 0 aromatic heterocycles. The van der Waals surface area contributed by atoms with E-state index in [2.05, 4.69) is 92.3 Å². The second kappa shape index (κ2) is 4.78. The van der Waals surface area contributed by atoms with Gasteiger partial charge >= 0.3 is 117 Å². The summed E-state index contributed by atoms with van der Waals surface area (Å²) in [6.07, 6.45) is 4.45. The zero-order chi connectivity index (χ0) is 13.3. The summed E-state index contributed by atoms with van der Waals surface area (Å²) in [5.41, 5.74) is 2.59. The van der Waals surface area contributed by atoms with Gasteiger partial charge in [0, 0.05) is 0 Å². The average molecular weight is 311 g/mol. The van der Waals surface area contributed by atoms with Crippen molar-refractivity contribution in [2.45, 2.75) is 11.5 Å². The Morgan fingerprint density at radius 3 is 1.37 bits per heavy atom. The fraction of sp³-hybridized carbons (Fsp3) is 0.125. The third kappa shape index (κ3) is 2.17. The van der Waals surface area contributed by atoms with Crippen LogP contribution in [0.5, 0.6) is 0 Å². The maximum atomic E-state index is 2.48. The summed E-state index contributed by atoms with van der Waals surface area (Å²) in [6, 6.07) is 21.3. The first-order valence-corrected chi connectivity index (χ1v) is 12.6. The van der Waals surface area contributed by atoms with Gasteiger partial charge in [0.2, 0.25) is 0 Å². The summed E-state index contributed by atoms with van der Waals surface area (Å²) in [5.74, 6) is 4.83. The van der Waals surface area contributed by atoms with Crippen molar-refractivity contribution in [3.8, 4) is 0 Å². The summed E-state index contributed by atoms with van der Waals surface area (Å²) in [4.78, 5) is 0. The molecule has 0 fully saturated rings. The molecule has 3 rings (SSSR count). The quantitative estimate of drug-likeness (QED) is 0.768. The Morgan fingerprint density at radius 2 is 1.00 bits per heavy atom. The molecule has 0 N–H and O–H groups in total. The number of nitrogens with zero attached hydrogens (tertiary/aromatic N) is 2. The molecule has 2 aromatic carbocycles. The molecule has 1 aliphatic heterocycles. The van der Waals surface area contributed by atoms with E-state index in [1.807, 2.05) is 0 Å². The van der Waals surface area contributed by atoms with Crippen molar-refractivity contribution in [2.75, 3.05) is 7.71 Å². The number of hydrogen-bond acceptors (Lipinski definition) is 2. The van der Waals surface area contributed by atoms with Gasteiger partial charge in [0.15, 0.2) is 0 Å². The molecule has 0 saturated heterocycles. The maximum absolute atomic E-state index is 2.48. The van der Waals surface area contributed by atoms with Crippen LogP contribution >= 0.6 is 0 Å². The average Bonchev–Trinajstić information content (AvgIpc) is 2.76. The standard InChI is InChI=1S/C16H18GeN2/c1-17(2)18(15-9-5-3-6-10-15)13-14-19(17)16-11-7-4-8-12-16/h3-14H,1-2H3. The van der Waals surface area contributed by atoms with Gasteiger partial charge in [0.25, 0.3) is 0 Å². The van der Waals surface area contributed by atoms with Gasteiger partial charge in [0.1, 0.15) is 0 Å². The van der Waals surface area contributed by atoms with E-state index in [0.717, 1.165) is 0 Å². The fourth-order valence-electron chi connectivity index (χ4n) is 2.60. The van der Waals surface area contributed by atoms with Crippen LogP contribution in [0.4, 0.5) is 11.4 Å². The van der Waals surface area contributed by atoms with E-state index in [4.69, 9.17) is 0 Å². The van der Waals surface area contributed by atoms with Gasteiger partial charge in [0.05, 0.1) is 0 Å². The first-order chi connectivity index (χ1) is 9.19. The van der Waals surface area contributed by atoms with Crippen LogP contribution in [0.3, 0.4) is 0 Å². The van der Waals surface area contributed by atoms with Crippen LogP contribution in [0, 0.1) is 0 Å². The molecule has 0 saturated carbocycles. The van der Waals surface area contributed by atoms with Gasteiger partial charge in [-0.25, -0.2) is 0 Å². The molecule has 0 atom stereocenters. The van der Waals surface area contributed by atoms with E-state index in [1.54, 1.807) is 0 Å². The predicted molar refractivity (Wildman–Crippen MR) is 84.5 cm³/mol. The van der Waals surface area contributed by atoms with E-state index in [1.165, 1.54) is 11.4 Å². The minimum atomic E-state index is -2.29. The van der Waals surface area contributed by atoms with Crippen LogP contribution in [-0.4, -0.2) is 13.7 Å². The third-order valence-electron chi connectivity index (χ3n) is 3.61. The zero-order valence-corrected chi connectivity index (χ0v) is 13.4. The number of para-hydroxylation sites is 2. The monoisotopic (exact) mass is 312 g/mol. The molecule has 2 aromatic rings. The van der Waals surface area contributed by atoms with E-state index in [-0.39, 0.29) is 0 Å². The van der Waals surface area contributed by atoms with Crippen molar-refractivity contribution in [3.63, 3.8) is 0 Å². The molecule has 2 nitrogen and oxygen atoms in total. The van der Waals surface area contributed by atoms with Gasteiger partial charge in [-0.1, -0.05) is 0 Å². The Hall–Kier alpha value is -1.68. The number of hydrogen-bond donors (Lipinski definition) is 0. The molecule has 1 heterocycles. The Morgan fingerprint density at radius 1 is 0.632 bits per heavy atom. The van der Waals surface area contributed by atoms with Crippen molar-refractivity contribution in [1.29, 1.82) is 0 Å². The van der Waals surface area contributed by atoms with Gasteiger partial charge in [-0.15, -0.1) is 0 Å². The van der Waals surface area contributed by atoms with Crippen LogP contribution in [-0.2, 0) is 0 Å². The molecule has 0 bridgehead atoms. The number of benzene rings is 2. The van der Waals surface area contributed by atoms with Crippen LogP contribution in [0.15, 0.2) is 73.1 Å². The van der Waals surface area contributed by atoms with Crippen molar-refractivity contribution in [2.24, 2.45) is 0 Å². The van der Waals surface area contributed by atoms with Crippen LogP contribution in [0.25, 0.3) is 0 Å². The molecular weight excluding hydrogens is 293 g/mol. The van der Waals surface area contributed by atoms with Crippen molar-refractivity contribution in [1.82, 2.24) is 0 Å². The number of anilines is 2. The Labute approximate surface area is 117 Å². The fourth-order valence-corrected chi connectivity index (χ4v) is 8.17. The molecule has 19 heavy (non-hydrogen) atoms. The Bertz CT molecular complexity index is 527. The van der Waals surface area contributed by atoms with Crippen molar-refractivity contribution < 1.29 is 0 Å². The molecule has 0 spiro atoms. The SMILES string of the molecule is [CH3][Ge]1([CH3])[N](c2ccccc2)C=C[N]1c1ccccc1. The van der Waals surface area contributed by atoms with Crippen LogP contribution in [0.1, 0.15) is 0 Å². The van der Waals surface area contributed by atoms with Crippen molar-refractivity contribution in [3.05, 3.63) is 73.1 Å². The second-order valence-corrected chi connectivity index (χ2v) is 13.5. The minimum absolute atomic E-state index is 1.29.